The van der Waals surface area contributed by atoms with Gasteiger partial charge in [-0.05, 0) is 48.0 Å². The summed E-state index contributed by atoms with van der Waals surface area (Å²) < 4.78 is 3.29. The maximum Gasteiger partial charge on any atom is 0.0738 e. The molecule has 0 spiro atoms. The van der Waals surface area contributed by atoms with E-state index < -0.39 is 0 Å². The first-order valence-corrected chi connectivity index (χ1v) is 6.75. The number of nitrogens with zero attached hydrogens (tertiary/aromatic N) is 2. The maximum absolute atomic E-state index is 4.53. The molecule has 0 atom stereocenters. The number of aryl methyl sites for hydroxylation is 1. The molecule has 1 aromatic heterocycles. The zero-order chi connectivity index (χ0) is 10.3. The molecule has 0 bridgehead atoms. The Morgan fingerprint density at radius 1 is 1.43 bits per heavy atom. The molecule has 1 heterocycles. The Labute approximate surface area is 101 Å². The highest BCUT2D eigenvalue weighted by molar-refractivity contribution is 9.10. The average Bonchev–Trinajstić information content (AvgIpc) is 2.90. The molecular weight excluding hydrogens is 308 g/mol. The van der Waals surface area contributed by atoms with Crippen LogP contribution in [-0.2, 0) is 6.54 Å². The number of alkyl halides is 1. The first kappa shape index (κ1) is 10.7. The minimum Gasteiger partial charge on any atom is -0.268 e. The van der Waals surface area contributed by atoms with E-state index in [1.165, 1.54) is 18.5 Å². The molecule has 0 amide bonds. The molecule has 78 valence electrons. The van der Waals surface area contributed by atoms with Crippen molar-refractivity contribution < 1.29 is 0 Å². The summed E-state index contributed by atoms with van der Waals surface area (Å²) in [6.07, 6.45) is 2.66. The fourth-order valence-electron chi connectivity index (χ4n) is 1.66. The summed E-state index contributed by atoms with van der Waals surface area (Å²) >= 11 is 7.14. The van der Waals surface area contributed by atoms with Gasteiger partial charge >= 0.3 is 0 Å². The largest absolute Gasteiger partial charge is 0.268 e. The highest BCUT2D eigenvalue weighted by atomic mass is 79.9. The lowest BCUT2D eigenvalue weighted by atomic mass is 10.1. The van der Waals surface area contributed by atoms with Gasteiger partial charge in [-0.15, -0.1) is 0 Å². The van der Waals surface area contributed by atoms with Crippen LogP contribution >= 0.6 is 31.9 Å². The highest BCUT2D eigenvalue weighted by Gasteiger charge is 2.42. The highest BCUT2D eigenvalue weighted by Crippen LogP contribution is 2.48. The summed E-state index contributed by atoms with van der Waals surface area (Å²) in [5.74, 6) is 0. The zero-order valence-electron chi connectivity index (χ0n) is 8.48. The van der Waals surface area contributed by atoms with Crippen molar-refractivity contribution in [1.82, 2.24) is 9.78 Å². The minimum atomic E-state index is 0.489. The van der Waals surface area contributed by atoms with E-state index in [-0.39, 0.29) is 0 Å². The Morgan fingerprint density at radius 2 is 2.07 bits per heavy atom. The lowest BCUT2D eigenvalue weighted by Crippen LogP contribution is -2.15. The fraction of sp³-hybridized carbons (Fsp3) is 0.700. The van der Waals surface area contributed by atoms with E-state index >= 15 is 0 Å². The van der Waals surface area contributed by atoms with E-state index in [1.54, 1.807) is 0 Å². The molecule has 0 radical (unpaired) electrons. The lowest BCUT2D eigenvalue weighted by Gasteiger charge is -2.12. The van der Waals surface area contributed by atoms with Crippen LogP contribution in [-0.4, -0.2) is 15.1 Å². The molecule has 1 saturated carbocycles. The van der Waals surface area contributed by atoms with Crippen molar-refractivity contribution in [3.8, 4) is 0 Å². The molecule has 1 aliphatic rings. The smallest absolute Gasteiger partial charge is 0.0738 e. The molecule has 1 fully saturated rings. The maximum atomic E-state index is 4.53. The molecule has 0 N–H and O–H groups in total. The van der Waals surface area contributed by atoms with Crippen molar-refractivity contribution in [2.45, 2.75) is 33.2 Å². The molecule has 0 unspecified atom stereocenters. The second-order valence-electron chi connectivity index (χ2n) is 4.28. The summed E-state index contributed by atoms with van der Waals surface area (Å²) in [5, 5.41) is 5.63. The number of rotatable bonds is 3. The summed E-state index contributed by atoms with van der Waals surface area (Å²) in [5.41, 5.74) is 2.82. The van der Waals surface area contributed by atoms with Crippen LogP contribution < -0.4 is 0 Å². The Kier molecular flexibility index (Phi) is 2.77. The third kappa shape index (κ3) is 1.78. The van der Waals surface area contributed by atoms with Crippen molar-refractivity contribution >= 4 is 31.9 Å². The Bertz CT molecular complexity index is 353. The predicted molar refractivity (Wildman–Crippen MR) is 64.9 cm³/mol. The van der Waals surface area contributed by atoms with E-state index in [2.05, 4.69) is 48.6 Å². The van der Waals surface area contributed by atoms with Gasteiger partial charge < -0.3 is 0 Å². The van der Waals surface area contributed by atoms with Crippen molar-refractivity contribution in [3.63, 3.8) is 0 Å². The molecule has 2 nitrogen and oxygen atoms in total. The molecule has 14 heavy (non-hydrogen) atoms. The third-order valence-corrected chi connectivity index (χ3v) is 5.36. The van der Waals surface area contributed by atoms with Crippen LogP contribution in [0.4, 0.5) is 0 Å². The molecular formula is C10H14Br2N2. The normalized spacial score (nSPS) is 18.6. The second kappa shape index (κ2) is 3.63. The summed E-state index contributed by atoms with van der Waals surface area (Å²) in [4.78, 5) is 0. The monoisotopic (exact) mass is 320 g/mol. The van der Waals surface area contributed by atoms with Crippen molar-refractivity contribution in [1.29, 1.82) is 0 Å². The first-order chi connectivity index (χ1) is 6.58. The molecule has 1 aromatic rings. The van der Waals surface area contributed by atoms with Gasteiger partial charge in [0.05, 0.1) is 10.2 Å². The van der Waals surface area contributed by atoms with Crippen LogP contribution in [0.15, 0.2) is 4.47 Å². The number of hydrogen-bond acceptors (Lipinski definition) is 1. The summed E-state index contributed by atoms with van der Waals surface area (Å²) in [7, 11) is 0. The second-order valence-corrected chi connectivity index (χ2v) is 5.63. The number of aromatic nitrogens is 2. The standard InChI is InChI=1S/C10H14Br2N2/c1-7-9(12)8(2)14(13-7)6-10(5-11)3-4-10/h3-6H2,1-2H3. The SMILES string of the molecule is Cc1nn(CC2(CBr)CC2)c(C)c1Br. The van der Waals surface area contributed by atoms with Crippen molar-refractivity contribution in [2.24, 2.45) is 5.41 Å². The molecule has 4 heteroatoms. The lowest BCUT2D eigenvalue weighted by molar-refractivity contribution is 0.433. The van der Waals surface area contributed by atoms with Gasteiger partial charge in [0, 0.05) is 17.6 Å². The van der Waals surface area contributed by atoms with Gasteiger partial charge in [0.1, 0.15) is 0 Å². The van der Waals surface area contributed by atoms with Crippen LogP contribution in [0.3, 0.4) is 0 Å². The third-order valence-electron chi connectivity index (χ3n) is 3.02. The number of halogens is 2. The summed E-state index contributed by atoms with van der Waals surface area (Å²) in [6.45, 7) is 5.21. The zero-order valence-corrected chi connectivity index (χ0v) is 11.7. The molecule has 2 rings (SSSR count). The van der Waals surface area contributed by atoms with E-state index in [0.717, 1.165) is 22.0 Å². The minimum absolute atomic E-state index is 0.489. The molecule has 0 saturated heterocycles. The van der Waals surface area contributed by atoms with Crippen molar-refractivity contribution in [2.75, 3.05) is 5.33 Å². The van der Waals surface area contributed by atoms with E-state index in [4.69, 9.17) is 0 Å². The molecule has 0 aromatic carbocycles. The summed E-state index contributed by atoms with van der Waals surface area (Å²) in [6, 6.07) is 0. The van der Waals surface area contributed by atoms with E-state index in [9.17, 15) is 0 Å². The van der Waals surface area contributed by atoms with Gasteiger partial charge in [0.15, 0.2) is 0 Å². The van der Waals surface area contributed by atoms with Crippen LogP contribution in [0.2, 0.25) is 0 Å². The van der Waals surface area contributed by atoms with Gasteiger partial charge in [-0.2, -0.15) is 5.10 Å². The Balaban J connectivity index is 2.21. The van der Waals surface area contributed by atoms with Gasteiger partial charge in [0.25, 0.3) is 0 Å². The Hall–Kier alpha value is 0.170. The average molecular weight is 322 g/mol. The predicted octanol–water partition coefficient (Wildman–Crippen LogP) is 3.44. The fourth-order valence-corrected chi connectivity index (χ4v) is 2.68. The quantitative estimate of drug-likeness (QED) is 0.780. The molecule has 0 aliphatic heterocycles. The molecule has 1 aliphatic carbocycles. The van der Waals surface area contributed by atoms with Gasteiger partial charge in [-0.1, -0.05) is 15.9 Å². The number of hydrogen-bond donors (Lipinski definition) is 0. The van der Waals surface area contributed by atoms with Gasteiger partial charge in [-0.25, -0.2) is 0 Å². The topological polar surface area (TPSA) is 17.8 Å². The van der Waals surface area contributed by atoms with Crippen LogP contribution in [0.25, 0.3) is 0 Å². The van der Waals surface area contributed by atoms with E-state index in [0.29, 0.717) is 5.41 Å². The van der Waals surface area contributed by atoms with Crippen molar-refractivity contribution in [3.05, 3.63) is 15.9 Å². The van der Waals surface area contributed by atoms with Gasteiger partial charge in [0.2, 0.25) is 0 Å². The Morgan fingerprint density at radius 3 is 2.43 bits per heavy atom. The van der Waals surface area contributed by atoms with Crippen LogP contribution in [0.5, 0.6) is 0 Å². The first-order valence-electron chi connectivity index (χ1n) is 4.83. The van der Waals surface area contributed by atoms with Gasteiger partial charge in [-0.3, -0.25) is 4.68 Å². The van der Waals surface area contributed by atoms with Crippen LogP contribution in [0.1, 0.15) is 24.2 Å². The van der Waals surface area contributed by atoms with E-state index in [1.807, 2.05) is 6.92 Å². The van der Waals surface area contributed by atoms with Crippen LogP contribution in [0, 0.1) is 19.3 Å².